The molecule has 0 saturated carbocycles. The molecule has 2 N–H and O–H groups in total. The van der Waals surface area contributed by atoms with Crippen LogP contribution < -0.4 is 5.32 Å². The van der Waals surface area contributed by atoms with Gasteiger partial charge in [0.15, 0.2) is 0 Å². The van der Waals surface area contributed by atoms with Crippen molar-refractivity contribution in [1.29, 1.82) is 0 Å². The monoisotopic (exact) mass is 298 g/mol. The normalized spacial score (nSPS) is 10.1. The number of carbonyl (C=O) groups excluding carboxylic acids is 1. The molecule has 0 radical (unpaired) electrons. The van der Waals surface area contributed by atoms with Crippen molar-refractivity contribution < 1.29 is 24.2 Å². The molecule has 0 aliphatic heterocycles. The molecule has 0 aliphatic rings. The number of carboxylic acids is 1. The van der Waals surface area contributed by atoms with E-state index in [1.807, 2.05) is 20.8 Å². The molecule has 0 atom stereocenters. The summed E-state index contributed by atoms with van der Waals surface area (Å²) in [5.41, 5.74) is 0.898. The minimum atomic E-state index is -0.833. The summed E-state index contributed by atoms with van der Waals surface area (Å²) in [6, 6.07) is 3.54. The van der Waals surface area contributed by atoms with Crippen LogP contribution in [0, 0.1) is 0 Å². The number of nitrogens with zero attached hydrogens (tertiary/aromatic N) is 1. The lowest BCUT2D eigenvalue weighted by Gasteiger charge is -2.19. The highest BCUT2D eigenvalue weighted by atomic mass is 16.6. The highest BCUT2D eigenvalue weighted by molar-refractivity contribution is 5.84. The first-order valence-electron chi connectivity index (χ1n) is 6.27. The fourth-order valence-corrected chi connectivity index (χ4v) is 1.15. The summed E-state index contributed by atoms with van der Waals surface area (Å²) in [5.74, 6) is -0.833. The number of rotatable bonds is 3. The number of anilines is 1. The molecular formula is C14H22N2O5. The number of methoxy groups -OCH3 is 1. The second-order valence-corrected chi connectivity index (χ2v) is 5.12. The second-order valence-electron chi connectivity index (χ2n) is 5.12. The first kappa shape index (κ1) is 18.9. The summed E-state index contributed by atoms with van der Waals surface area (Å²) < 4.78 is 10.1. The highest BCUT2D eigenvalue weighted by Gasteiger charge is 2.16. The van der Waals surface area contributed by atoms with Gasteiger partial charge in [-0.3, -0.25) is 15.1 Å². The fraction of sp³-hybridized carbons (Fsp3) is 0.500. The van der Waals surface area contributed by atoms with Crippen molar-refractivity contribution >= 4 is 17.7 Å². The summed E-state index contributed by atoms with van der Waals surface area (Å²) in [5, 5.41) is 10.0. The van der Waals surface area contributed by atoms with E-state index in [9.17, 15) is 4.79 Å². The highest BCUT2D eigenvalue weighted by Crippen LogP contribution is 2.11. The van der Waals surface area contributed by atoms with Crippen LogP contribution in [0.2, 0.25) is 0 Å². The Morgan fingerprint density at radius 3 is 2.29 bits per heavy atom. The lowest BCUT2D eigenvalue weighted by Crippen LogP contribution is -2.27. The number of aromatic nitrogens is 1. The predicted molar refractivity (Wildman–Crippen MR) is 78.1 cm³/mol. The molecule has 1 aromatic heterocycles. The van der Waals surface area contributed by atoms with Crippen molar-refractivity contribution in [2.45, 2.75) is 39.9 Å². The van der Waals surface area contributed by atoms with Crippen molar-refractivity contribution in [2.75, 3.05) is 12.4 Å². The van der Waals surface area contributed by atoms with Gasteiger partial charge in [-0.1, -0.05) is 0 Å². The van der Waals surface area contributed by atoms with Gasteiger partial charge in [0.05, 0.1) is 24.2 Å². The van der Waals surface area contributed by atoms with Gasteiger partial charge in [0.25, 0.3) is 5.97 Å². The van der Waals surface area contributed by atoms with Crippen LogP contribution in [0.1, 0.15) is 33.4 Å². The molecule has 0 spiro atoms. The molecule has 7 heteroatoms. The molecule has 1 rings (SSSR count). The quantitative estimate of drug-likeness (QED) is 0.890. The average Bonchev–Trinajstić information content (AvgIpc) is 2.28. The summed E-state index contributed by atoms with van der Waals surface area (Å²) in [6.07, 6.45) is 1.08. The van der Waals surface area contributed by atoms with Gasteiger partial charge in [-0.15, -0.1) is 0 Å². The van der Waals surface area contributed by atoms with Crippen LogP contribution in [0.15, 0.2) is 18.3 Å². The number of carboxylic acid groups (broad SMARTS) is 1. The Balaban J connectivity index is 0.000000885. The van der Waals surface area contributed by atoms with Crippen molar-refractivity contribution in [1.82, 2.24) is 4.98 Å². The van der Waals surface area contributed by atoms with Crippen LogP contribution in [-0.4, -0.2) is 34.9 Å². The standard InChI is InChI=1S/C12H18N2O3.C2H4O2/c1-12(2,3)17-11(15)14-9-5-6-10(8-16-4)13-7-9;1-2(3)4/h5-7H,8H2,1-4H3,(H,14,15);1H3,(H,3,4). The van der Waals surface area contributed by atoms with Gasteiger partial charge in [0, 0.05) is 14.0 Å². The Bertz CT molecular complexity index is 447. The van der Waals surface area contributed by atoms with E-state index in [1.54, 1.807) is 25.4 Å². The molecule has 0 bridgehead atoms. The van der Waals surface area contributed by atoms with E-state index in [1.165, 1.54) is 0 Å². The smallest absolute Gasteiger partial charge is 0.412 e. The Morgan fingerprint density at radius 2 is 1.90 bits per heavy atom. The molecule has 7 nitrogen and oxygen atoms in total. The molecule has 0 aliphatic carbocycles. The summed E-state index contributed by atoms with van der Waals surface area (Å²) in [4.78, 5) is 24.6. The predicted octanol–water partition coefficient (Wildman–Crippen LogP) is 2.67. The number of ether oxygens (including phenoxy) is 2. The first-order valence-corrected chi connectivity index (χ1v) is 6.27. The number of hydrogen-bond acceptors (Lipinski definition) is 5. The van der Waals surface area contributed by atoms with Crippen molar-refractivity contribution in [3.05, 3.63) is 24.0 Å². The first-order chi connectivity index (χ1) is 9.64. The maximum atomic E-state index is 11.5. The molecule has 1 amide bonds. The SMILES string of the molecule is CC(=O)O.COCc1ccc(NC(=O)OC(C)(C)C)cn1. The van der Waals surface area contributed by atoms with E-state index < -0.39 is 17.7 Å². The Morgan fingerprint density at radius 1 is 1.33 bits per heavy atom. The third-order valence-corrected chi connectivity index (χ3v) is 1.76. The van der Waals surface area contributed by atoms with E-state index in [-0.39, 0.29) is 0 Å². The zero-order valence-electron chi connectivity index (χ0n) is 13.0. The van der Waals surface area contributed by atoms with Crippen LogP contribution in [0.3, 0.4) is 0 Å². The van der Waals surface area contributed by atoms with E-state index in [0.29, 0.717) is 12.3 Å². The lowest BCUT2D eigenvalue weighted by molar-refractivity contribution is -0.134. The van der Waals surface area contributed by atoms with Crippen LogP contribution in [0.5, 0.6) is 0 Å². The maximum Gasteiger partial charge on any atom is 0.412 e. The molecule has 118 valence electrons. The number of amides is 1. The van der Waals surface area contributed by atoms with Gasteiger partial charge >= 0.3 is 6.09 Å². The Hall–Kier alpha value is -2.15. The minimum absolute atomic E-state index is 0.451. The third-order valence-electron chi connectivity index (χ3n) is 1.76. The van der Waals surface area contributed by atoms with Crippen molar-refractivity contribution in [3.8, 4) is 0 Å². The third kappa shape index (κ3) is 11.4. The zero-order valence-corrected chi connectivity index (χ0v) is 13.0. The van der Waals surface area contributed by atoms with Gasteiger partial charge in [-0.05, 0) is 32.9 Å². The molecule has 0 unspecified atom stereocenters. The summed E-state index contributed by atoms with van der Waals surface area (Å²) >= 11 is 0. The van der Waals surface area contributed by atoms with Gasteiger partial charge in [0.1, 0.15) is 5.60 Å². The summed E-state index contributed by atoms with van der Waals surface area (Å²) in [6.45, 7) is 6.97. The number of aliphatic carboxylic acids is 1. The fourth-order valence-electron chi connectivity index (χ4n) is 1.15. The molecule has 0 fully saturated rings. The van der Waals surface area contributed by atoms with E-state index in [4.69, 9.17) is 19.4 Å². The molecular weight excluding hydrogens is 276 g/mol. The maximum absolute atomic E-state index is 11.5. The van der Waals surface area contributed by atoms with Gasteiger partial charge < -0.3 is 14.6 Å². The van der Waals surface area contributed by atoms with Crippen LogP contribution in [0.25, 0.3) is 0 Å². The van der Waals surface area contributed by atoms with Gasteiger partial charge in [-0.25, -0.2) is 4.79 Å². The Labute approximate surface area is 124 Å². The molecule has 0 aromatic carbocycles. The van der Waals surface area contributed by atoms with E-state index in [0.717, 1.165) is 12.6 Å². The number of carbonyl (C=O) groups is 2. The lowest BCUT2D eigenvalue weighted by atomic mass is 10.2. The largest absolute Gasteiger partial charge is 0.481 e. The molecule has 0 saturated heterocycles. The van der Waals surface area contributed by atoms with Crippen LogP contribution in [0.4, 0.5) is 10.5 Å². The molecule has 1 heterocycles. The topological polar surface area (TPSA) is 97.8 Å². The Kier molecular flexibility index (Phi) is 8.00. The molecule has 21 heavy (non-hydrogen) atoms. The second kappa shape index (κ2) is 8.91. The van der Waals surface area contributed by atoms with E-state index >= 15 is 0 Å². The average molecular weight is 298 g/mol. The van der Waals surface area contributed by atoms with E-state index in [2.05, 4.69) is 10.3 Å². The van der Waals surface area contributed by atoms with Crippen molar-refractivity contribution in [2.24, 2.45) is 0 Å². The van der Waals surface area contributed by atoms with Gasteiger partial charge in [-0.2, -0.15) is 0 Å². The minimum Gasteiger partial charge on any atom is -0.481 e. The number of hydrogen-bond donors (Lipinski definition) is 2. The number of nitrogens with one attached hydrogen (secondary N) is 1. The van der Waals surface area contributed by atoms with Crippen LogP contribution >= 0.6 is 0 Å². The summed E-state index contributed by atoms with van der Waals surface area (Å²) in [7, 11) is 1.61. The van der Waals surface area contributed by atoms with Crippen LogP contribution in [-0.2, 0) is 20.9 Å². The van der Waals surface area contributed by atoms with Gasteiger partial charge in [0.2, 0.25) is 0 Å². The molecule has 1 aromatic rings. The zero-order chi connectivity index (χ0) is 16.5. The van der Waals surface area contributed by atoms with Crippen molar-refractivity contribution in [3.63, 3.8) is 0 Å². The number of pyridine rings is 1.